The van der Waals surface area contributed by atoms with Crippen molar-refractivity contribution in [2.75, 3.05) is 0 Å². The highest BCUT2D eigenvalue weighted by Gasteiger charge is 2.25. The van der Waals surface area contributed by atoms with Crippen molar-refractivity contribution < 1.29 is 28.0 Å². The van der Waals surface area contributed by atoms with Gasteiger partial charge in [0.2, 0.25) is 0 Å². The number of halogens is 1. The lowest BCUT2D eigenvalue weighted by Crippen LogP contribution is -2.40. The molecular weight excluding hydrogens is 318 g/mol. The topological polar surface area (TPSA) is 156 Å². The molecule has 0 fully saturated rings. The van der Waals surface area contributed by atoms with E-state index < -0.39 is 36.6 Å². The van der Waals surface area contributed by atoms with E-state index in [2.05, 4.69) is 0 Å². The number of amides is 2. The molecule has 1 aromatic rings. The molecule has 0 aliphatic carbocycles. The SMILES string of the molecule is O=C(O)NNC(=O)c1ccc(S(=O)(=O)Cl)c([N+](=O)[O-])c1. The number of carbonyl (C=O) groups is 2. The third-order valence-corrected chi connectivity index (χ3v) is 3.33. The van der Waals surface area contributed by atoms with Gasteiger partial charge in [0.25, 0.3) is 20.6 Å². The molecule has 1 aromatic carbocycles. The largest absolute Gasteiger partial charge is 0.464 e. The third-order valence-electron chi connectivity index (χ3n) is 1.96. The molecule has 10 nitrogen and oxygen atoms in total. The highest BCUT2D eigenvalue weighted by atomic mass is 35.7. The summed E-state index contributed by atoms with van der Waals surface area (Å²) in [6, 6.07) is 2.38. The van der Waals surface area contributed by atoms with Crippen LogP contribution in [-0.2, 0) is 9.05 Å². The van der Waals surface area contributed by atoms with E-state index in [-0.39, 0.29) is 5.56 Å². The second kappa shape index (κ2) is 5.71. The molecule has 0 bridgehead atoms. The summed E-state index contributed by atoms with van der Waals surface area (Å²) in [6.07, 6.45) is -1.55. The predicted molar refractivity (Wildman–Crippen MR) is 64.8 cm³/mol. The van der Waals surface area contributed by atoms with E-state index in [1.165, 1.54) is 0 Å². The minimum atomic E-state index is -4.36. The van der Waals surface area contributed by atoms with Crippen molar-refractivity contribution in [1.82, 2.24) is 10.9 Å². The van der Waals surface area contributed by atoms with Gasteiger partial charge in [-0.15, -0.1) is 0 Å². The number of nitrogens with one attached hydrogen (secondary N) is 2. The van der Waals surface area contributed by atoms with E-state index in [1.807, 2.05) is 0 Å². The third kappa shape index (κ3) is 3.80. The van der Waals surface area contributed by atoms with Gasteiger partial charge in [-0.2, -0.15) is 0 Å². The molecule has 0 aliphatic heterocycles. The Hall–Kier alpha value is -2.40. The Balaban J connectivity index is 3.21. The maximum absolute atomic E-state index is 11.4. The van der Waals surface area contributed by atoms with Crippen molar-refractivity contribution in [3.8, 4) is 0 Å². The first-order chi connectivity index (χ1) is 9.12. The minimum absolute atomic E-state index is 0.325. The van der Waals surface area contributed by atoms with Crippen LogP contribution in [0.4, 0.5) is 10.5 Å². The highest BCUT2D eigenvalue weighted by molar-refractivity contribution is 8.13. The number of hydrogen-bond acceptors (Lipinski definition) is 6. The van der Waals surface area contributed by atoms with Gasteiger partial charge in [-0.1, -0.05) is 0 Å². The fourth-order valence-electron chi connectivity index (χ4n) is 1.19. The second-order valence-corrected chi connectivity index (χ2v) is 5.80. The summed E-state index contributed by atoms with van der Waals surface area (Å²) in [5.41, 5.74) is 2.04. The number of nitro groups is 1. The van der Waals surface area contributed by atoms with E-state index in [0.717, 1.165) is 12.1 Å². The van der Waals surface area contributed by atoms with E-state index in [0.29, 0.717) is 6.07 Å². The molecule has 20 heavy (non-hydrogen) atoms. The van der Waals surface area contributed by atoms with Gasteiger partial charge in [-0.3, -0.25) is 20.3 Å². The van der Waals surface area contributed by atoms with E-state index >= 15 is 0 Å². The van der Waals surface area contributed by atoms with Crippen LogP contribution in [0.25, 0.3) is 0 Å². The van der Waals surface area contributed by atoms with Crippen molar-refractivity contribution >= 4 is 37.4 Å². The van der Waals surface area contributed by atoms with Crippen LogP contribution in [0.2, 0.25) is 0 Å². The van der Waals surface area contributed by atoms with Gasteiger partial charge in [-0.05, 0) is 12.1 Å². The monoisotopic (exact) mass is 323 g/mol. The molecule has 0 heterocycles. The average molecular weight is 324 g/mol. The number of carbonyl (C=O) groups excluding carboxylic acids is 1. The van der Waals surface area contributed by atoms with Crippen molar-refractivity contribution in [3.63, 3.8) is 0 Å². The lowest BCUT2D eigenvalue weighted by Gasteiger charge is -2.05. The number of hydrazine groups is 1. The average Bonchev–Trinajstić information content (AvgIpc) is 2.33. The van der Waals surface area contributed by atoms with Gasteiger partial charge in [-0.25, -0.2) is 18.6 Å². The Labute approximate surface area is 115 Å². The molecule has 108 valence electrons. The van der Waals surface area contributed by atoms with Crippen LogP contribution in [0.5, 0.6) is 0 Å². The van der Waals surface area contributed by atoms with Gasteiger partial charge in [0.15, 0.2) is 4.90 Å². The molecule has 0 aliphatic rings. The Morgan fingerprint density at radius 3 is 2.35 bits per heavy atom. The number of benzene rings is 1. The van der Waals surface area contributed by atoms with Crippen LogP contribution in [0.15, 0.2) is 23.1 Å². The molecule has 0 aromatic heterocycles. The van der Waals surface area contributed by atoms with Crippen molar-refractivity contribution in [3.05, 3.63) is 33.9 Å². The molecule has 0 unspecified atom stereocenters. The first kappa shape index (κ1) is 15.7. The first-order valence-corrected chi connectivity index (χ1v) is 6.96. The minimum Gasteiger partial charge on any atom is -0.464 e. The summed E-state index contributed by atoms with van der Waals surface area (Å²) in [5.74, 6) is -1.01. The predicted octanol–water partition coefficient (Wildman–Crippen LogP) is 0.435. The standard InChI is InChI=1S/C8H6ClN3O7S/c9-20(18,19)6-2-1-4(3-5(6)12(16)17)7(13)10-11-8(14)15/h1-3,11H,(H,10,13)(H,14,15). The number of nitrogens with zero attached hydrogens (tertiary/aromatic N) is 1. The fraction of sp³-hybridized carbons (Fsp3) is 0. The van der Waals surface area contributed by atoms with E-state index in [9.17, 15) is 28.1 Å². The van der Waals surface area contributed by atoms with Gasteiger partial charge < -0.3 is 5.11 Å². The Kier molecular flexibility index (Phi) is 4.47. The fourth-order valence-corrected chi connectivity index (χ4v) is 2.20. The summed E-state index contributed by atoms with van der Waals surface area (Å²) in [4.78, 5) is 30.6. The molecule has 0 saturated carbocycles. The summed E-state index contributed by atoms with van der Waals surface area (Å²) >= 11 is 0. The second-order valence-electron chi connectivity index (χ2n) is 3.26. The van der Waals surface area contributed by atoms with Crippen LogP contribution >= 0.6 is 10.7 Å². The zero-order valence-electron chi connectivity index (χ0n) is 9.36. The molecule has 0 radical (unpaired) electrons. The van der Waals surface area contributed by atoms with Crippen molar-refractivity contribution in [2.45, 2.75) is 4.90 Å². The van der Waals surface area contributed by atoms with E-state index in [1.54, 1.807) is 10.9 Å². The Morgan fingerprint density at radius 1 is 1.30 bits per heavy atom. The Bertz CT molecular complexity index is 687. The number of rotatable bonds is 3. The lowest BCUT2D eigenvalue weighted by atomic mass is 10.2. The maximum atomic E-state index is 11.4. The summed E-state index contributed by atoms with van der Waals surface area (Å²) in [7, 11) is 0.662. The van der Waals surface area contributed by atoms with Crippen LogP contribution in [0.1, 0.15) is 10.4 Å². The zero-order valence-corrected chi connectivity index (χ0v) is 10.9. The maximum Gasteiger partial charge on any atom is 0.423 e. The normalized spacial score (nSPS) is 10.7. The molecule has 1 rings (SSSR count). The smallest absolute Gasteiger partial charge is 0.423 e. The lowest BCUT2D eigenvalue weighted by molar-refractivity contribution is -0.387. The zero-order chi connectivity index (χ0) is 15.5. The molecule has 3 N–H and O–H groups in total. The van der Waals surface area contributed by atoms with Gasteiger partial charge in [0, 0.05) is 22.3 Å². The van der Waals surface area contributed by atoms with Crippen molar-refractivity contribution in [2.24, 2.45) is 0 Å². The number of carboxylic acid groups (broad SMARTS) is 1. The highest BCUT2D eigenvalue weighted by Crippen LogP contribution is 2.27. The Morgan fingerprint density at radius 2 is 1.90 bits per heavy atom. The molecule has 0 saturated heterocycles. The molecule has 2 amide bonds. The van der Waals surface area contributed by atoms with Crippen molar-refractivity contribution in [1.29, 1.82) is 0 Å². The summed E-state index contributed by atoms with van der Waals surface area (Å²) < 4.78 is 22.2. The molecular formula is C8H6ClN3O7S. The molecule has 0 atom stereocenters. The van der Waals surface area contributed by atoms with Gasteiger partial charge >= 0.3 is 6.09 Å². The molecule has 0 spiro atoms. The first-order valence-electron chi connectivity index (χ1n) is 4.65. The van der Waals surface area contributed by atoms with Crippen LogP contribution in [-0.4, -0.2) is 30.4 Å². The van der Waals surface area contributed by atoms with Gasteiger partial charge in [0.05, 0.1) is 4.92 Å². The quantitative estimate of drug-likeness (QED) is 0.413. The van der Waals surface area contributed by atoms with Crippen LogP contribution < -0.4 is 10.9 Å². The van der Waals surface area contributed by atoms with Crippen LogP contribution in [0, 0.1) is 10.1 Å². The number of nitro benzene ring substituents is 1. The molecule has 12 heteroatoms. The summed E-state index contributed by atoms with van der Waals surface area (Å²) in [6.45, 7) is 0. The van der Waals surface area contributed by atoms with Crippen LogP contribution in [0.3, 0.4) is 0 Å². The number of hydrogen-bond donors (Lipinski definition) is 3. The van der Waals surface area contributed by atoms with Gasteiger partial charge in [0.1, 0.15) is 0 Å². The van der Waals surface area contributed by atoms with E-state index in [4.69, 9.17) is 15.8 Å². The summed E-state index contributed by atoms with van der Waals surface area (Å²) in [5, 5.41) is 19.0.